The highest BCUT2D eigenvalue weighted by molar-refractivity contribution is 7.14. The standard InChI is InChI=1S/C17H21N3O4S/c1-4-5-6-13-12(11(3)24-20-13)7-8-15-19-10(2)16(25-15)17(22)23-9-14(18)21/h7-8H,4-6,9H2,1-3H3,(H2,18,21). The molecule has 2 rings (SSSR count). The Morgan fingerprint density at radius 3 is 2.76 bits per heavy atom. The van der Waals surface area contributed by atoms with Gasteiger partial charge in [0.2, 0.25) is 0 Å². The molecular weight excluding hydrogens is 342 g/mol. The molecule has 8 heteroatoms. The number of esters is 1. The summed E-state index contributed by atoms with van der Waals surface area (Å²) in [7, 11) is 0. The highest BCUT2D eigenvalue weighted by atomic mass is 32.1. The number of hydrogen-bond acceptors (Lipinski definition) is 7. The lowest BCUT2D eigenvalue weighted by atomic mass is 10.1. The van der Waals surface area contributed by atoms with Gasteiger partial charge in [-0.3, -0.25) is 4.79 Å². The van der Waals surface area contributed by atoms with E-state index in [9.17, 15) is 9.59 Å². The molecule has 0 aromatic carbocycles. The van der Waals surface area contributed by atoms with E-state index in [1.807, 2.05) is 19.1 Å². The molecule has 2 heterocycles. The minimum atomic E-state index is -0.696. The highest BCUT2D eigenvalue weighted by Crippen LogP contribution is 2.23. The molecule has 0 aliphatic heterocycles. The molecule has 0 fully saturated rings. The maximum atomic E-state index is 11.9. The fraction of sp³-hybridized carbons (Fsp3) is 0.412. The zero-order valence-corrected chi connectivity index (χ0v) is 15.3. The monoisotopic (exact) mass is 363 g/mol. The number of ether oxygens (including phenoxy) is 1. The summed E-state index contributed by atoms with van der Waals surface area (Å²) < 4.78 is 10.1. The molecule has 0 bridgehead atoms. The zero-order valence-electron chi connectivity index (χ0n) is 14.5. The average molecular weight is 363 g/mol. The number of amides is 1. The molecule has 0 aliphatic rings. The fourth-order valence-corrected chi connectivity index (χ4v) is 3.06. The van der Waals surface area contributed by atoms with Crippen LogP contribution >= 0.6 is 11.3 Å². The molecule has 0 atom stereocenters. The first kappa shape index (κ1) is 18.9. The minimum Gasteiger partial charge on any atom is -0.451 e. The summed E-state index contributed by atoms with van der Waals surface area (Å²) >= 11 is 1.20. The molecule has 1 amide bonds. The van der Waals surface area contributed by atoms with Crippen molar-refractivity contribution in [1.82, 2.24) is 10.1 Å². The summed E-state index contributed by atoms with van der Waals surface area (Å²) in [6, 6.07) is 0. The van der Waals surface area contributed by atoms with Crippen LogP contribution in [0.15, 0.2) is 4.52 Å². The second kappa shape index (κ2) is 8.57. The third-order valence-corrected chi connectivity index (χ3v) is 4.59. The highest BCUT2D eigenvalue weighted by Gasteiger charge is 2.17. The number of aryl methyl sites for hydroxylation is 3. The quantitative estimate of drug-likeness (QED) is 0.722. The van der Waals surface area contributed by atoms with Gasteiger partial charge >= 0.3 is 5.97 Å². The first-order valence-electron chi connectivity index (χ1n) is 7.98. The summed E-state index contributed by atoms with van der Waals surface area (Å²) in [6.45, 7) is 5.26. The lowest BCUT2D eigenvalue weighted by Crippen LogP contribution is -2.20. The van der Waals surface area contributed by atoms with Crippen molar-refractivity contribution in [2.45, 2.75) is 40.0 Å². The molecule has 0 saturated heterocycles. The van der Waals surface area contributed by atoms with E-state index in [1.165, 1.54) is 11.3 Å². The Balaban J connectivity index is 2.15. The second-order valence-electron chi connectivity index (χ2n) is 5.55. The summed E-state index contributed by atoms with van der Waals surface area (Å²) in [4.78, 5) is 27.3. The molecule has 2 aromatic heterocycles. The number of hydrogen-bond donors (Lipinski definition) is 1. The Bertz CT molecular complexity index is 792. The topological polar surface area (TPSA) is 108 Å². The van der Waals surface area contributed by atoms with Crippen LogP contribution in [-0.4, -0.2) is 28.6 Å². The maximum absolute atomic E-state index is 11.9. The van der Waals surface area contributed by atoms with Crippen LogP contribution in [-0.2, 0) is 16.0 Å². The number of aromatic nitrogens is 2. The summed E-state index contributed by atoms with van der Waals surface area (Å²) in [6.07, 6.45) is 6.69. The van der Waals surface area contributed by atoms with Crippen molar-refractivity contribution < 1.29 is 18.8 Å². The van der Waals surface area contributed by atoms with Crippen LogP contribution in [0.25, 0.3) is 12.2 Å². The van der Waals surface area contributed by atoms with Gasteiger partial charge in [-0.2, -0.15) is 0 Å². The van der Waals surface area contributed by atoms with E-state index in [2.05, 4.69) is 17.1 Å². The van der Waals surface area contributed by atoms with Crippen LogP contribution in [0.1, 0.15) is 57.2 Å². The van der Waals surface area contributed by atoms with Gasteiger partial charge in [0, 0.05) is 5.56 Å². The van der Waals surface area contributed by atoms with Crippen LogP contribution in [0.3, 0.4) is 0 Å². The Morgan fingerprint density at radius 2 is 2.08 bits per heavy atom. The van der Waals surface area contributed by atoms with E-state index in [4.69, 9.17) is 15.0 Å². The number of carbonyl (C=O) groups is 2. The van der Waals surface area contributed by atoms with Gasteiger partial charge in [-0.15, -0.1) is 11.3 Å². The molecule has 134 valence electrons. The van der Waals surface area contributed by atoms with Gasteiger partial charge in [-0.05, 0) is 38.8 Å². The fourth-order valence-electron chi connectivity index (χ4n) is 2.20. The third-order valence-electron chi connectivity index (χ3n) is 3.49. The molecule has 0 spiro atoms. The number of carbonyl (C=O) groups excluding carboxylic acids is 2. The smallest absolute Gasteiger partial charge is 0.350 e. The number of nitrogens with two attached hydrogens (primary N) is 1. The molecule has 0 unspecified atom stereocenters. The summed E-state index contributed by atoms with van der Waals surface area (Å²) in [5.41, 5.74) is 7.39. The average Bonchev–Trinajstić information content (AvgIpc) is 3.11. The summed E-state index contributed by atoms with van der Waals surface area (Å²) in [5.74, 6) is -0.548. The number of nitrogens with zero attached hydrogens (tertiary/aromatic N) is 2. The normalized spacial score (nSPS) is 11.2. The predicted octanol–water partition coefficient (Wildman–Crippen LogP) is 2.90. The van der Waals surface area contributed by atoms with Gasteiger partial charge in [-0.25, -0.2) is 9.78 Å². The van der Waals surface area contributed by atoms with Gasteiger partial charge < -0.3 is 15.0 Å². The number of thiazole rings is 1. The Hall–Kier alpha value is -2.48. The van der Waals surface area contributed by atoms with E-state index in [0.29, 0.717) is 15.6 Å². The van der Waals surface area contributed by atoms with E-state index >= 15 is 0 Å². The first-order chi connectivity index (χ1) is 11.9. The zero-order chi connectivity index (χ0) is 18.4. The van der Waals surface area contributed by atoms with Gasteiger partial charge in [0.25, 0.3) is 5.91 Å². The Morgan fingerprint density at radius 1 is 1.32 bits per heavy atom. The predicted molar refractivity (Wildman–Crippen MR) is 95.1 cm³/mol. The maximum Gasteiger partial charge on any atom is 0.350 e. The molecule has 2 N–H and O–H groups in total. The molecule has 0 aliphatic carbocycles. The molecule has 0 saturated carbocycles. The number of primary amides is 1. The van der Waals surface area contributed by atoms with Crippen molar-refractivity contribution in [2.24, 2.45) is 5.73 Å². The molecule has 0 radical (unpaired) electrons. The second-order valence-corrected chi connectivity index (χ2v) is 6.58. The van der Waals surface area contributed by atoms with Crippen molar-refractivity contribution in [1.29, 1.82) is 0 Å². The third kappa shape index (κ3) is 4.99. The van der Waals surface area contributed by atoms with E-state index in [0.717, 1.165) is 36.3 Å². The van der Waals surface area contributed by atoms with Crippen molar-refractivity contribution in [3.05, 3.63) is 32.6 Å². The van der Waals surface area contributed by atoms with E-state index < -0.39 is 18.5 Å². The SMILES string of the molecule is CCCCc1noc(C)c1C=Cc1nc(C)c(C(=O)OCC(N)=O)s1. The van der Waals surface area contributed by atoms with Crippen LogP contribution in [0.2, 0.25) is 0 Å². The van der Waals surface area contributed by atoms with Crippen LogP contribution in [0.5, 0.6) is 0 Å². The number of rotatable bonds is 8. The first-order valence-corrected chi connectivity index (χ1v) is 8.80. The van der Waals surface area contributed by atoms with Crippen LogP contribution in [0, 0.1) is 13.8 Å². The molecule has 25 heavy (non-hydrogen) atoms. The van der Waals surface area contributed by atoms with Crippen molar-refractivity contribution in [3.63, 3.8) is 0 Å². The van der Waals surface area contributed by atoms with Crippen molar-refractivity contribution >= 4 is 35.4 Å². The van der Waals surface area contributed by atoms with Crippen molar-refractivity contribution in [2.75, 3.05) is 6.61 Å². The van der Waals surface area contributed by atoms with Crippen LogP contribution < -0.4 is 5.73 Å². The van der Waals surface area contributed by atoms with Crippen LogP contribution in [0.4, 0.5) is 0 Å². The lowest BCUT2D eigenvalue weighted by molar-refractivity contribution is -0.121. The van der Waals surface area contributed by atoms with Gasteiger partial charge in [0.15, 0.2) is 6.61 Å². The molecular formula is C17H21N3O4S. The Labute approximate surface area is 149 Å². The van der Waals surface area contributed by atoms with Gasteiger partial charge in [0.05, 0.1) is 11.4 Å². The number of unbranched alkanes of at least 4 members (excludes halogenated alkanes) is 1. The van der Waals surface area contributed by atoms with Gasteiger partial charge in [-0.1, -0.05) is 18.5 Å². The van der Waals surface area contributed by atoms with E-state index in [1.54, 1.807) is 6.92 Å². The molecule has 2 aromatic rings. The van der Waals surface area contributed by atoms with Crippen molar-refractivity contribution in [3.8, 4) is 0 Å². The minimum absolute atomic E-state index is 0.356. The summed E-state index contributed by atoms with van der Waals surface area (Å²) in [5, 5.41) is 4.75. The largest absolute Gasteiger partial charge is 0.451 e. The Kier molecular flexibility index (Phi) is 6.46. The molecule has 7 nitrogen and oxygen atoms in total. The lowest BCUT2D eigenvalue weighted by Gasteiger charge is -1.99. The van der Waals surface area contributed by atoms with Gasteiger partial charge in [0.1, 0.15) is 15.6 Å². The van der Waals surface area contributed by atoms with E-state index in [-0.39, 0.29) is 0 Å².